The van der Waals surface area contributed by atoms with E-state index in [1.807, 2.05) is 0 Å². The second-order valence-electron chi connectivity index (χ2n) is 3.75. The van der Waals surface area contributed by atoms with Crippen molar-refractivity contribution in [1.82, 2.24) is 10.2 Å². The fourth-order valence-electron chi connectivity index (χ4n) is 2.09. The van der Waals surface area contributed by atoms with Crippen LogP contribution in [0, 0.1) is 0 Å². The van der Waals surface area contributed by atoms with Crippen molar-refractivity contribution in [2.75, 3.05) is 6.54 Å². The van der Waals surface area contributed by atoms with Gasteiger partial charge in [0.2, 0.25) is 5.91 Å². The van der Waals surface area contributed by atoms with Crippen LogP contribution < -0.4 is 5.32 Å². The number of piperazine rings is 1. The number of carbonyl (C=O) groups is 1. The van der Waals surface area contributed by atoms with Crippen LogP contribution in [0.5, 0.6) is 0 Å². The van der Waals surface area contributed by atoms with E-state index < -0.39 is 0 Å². The Balaban J connectivity index is 2.12. The lowest BCUT2D eigenvalue weighted by molar-refractivity contribution is -0.125. The fraction of sp³-hybridized carbons (Fsp3) is 0.875. The van der Waals surface area contributed by atoms with Crippen molar-refractivity contribution in [3.8, 4) is 0 Å². The van der Waals surface area contributed by atoms with E-state index in [0.717, 1.165) is 13.0 Å². The Labute approximate surface area is 66.8 Å². The first-order chi connectivity index (χ1) is 5.18. The summed E-state index contributed by atoms with van der Waals surface area (Å²) in [6.07, 6.45) is 1.02. The first-order valence-electron chi connectivity index (χ1n) is 4.24. The number of amides is 1. The molecule has 1 N–H and O–H groups in total. The van der Waals surface area contributed by atoms with Gasteiger partial charge in [0, 0.05) is 18.6 Å². The highest BCUT2D eigenvalue weighted by molar-refractivity contribution is 5.85. The molecule has 0 aromatic rings. The van der Waals surface area contributed by atoms with Gasteiger partial charge in [0.15, 0.2) is 0 Å². The van der Waals surface area contributed by atoms with Gasteiger partial charge in [-0.3, -0.25) is 9.69 Å². The summed E-state index contributed by atoms with van der Waals surface area (Å²) in [4.78, 5) is 13.5. The second kappa shape index (κ2) is 2.21. The number of hydrogen-bond donors (Lipinski definition) is 1. The standard InChI is InChI=1S/C8H14N2O/c1-5(2)10-4-6-3-7(10)8(11)9-6/h5-7H,3-4H2,1-2H3,(H,9,11). The van der Waals surface area contributed by atoms with Crippen molar-refractivity contribution in [3.05, 3.63) is 0 Å². The molecule has 3 nitrogen and oxygen atoms in total. The van der Waals surface area contributed by atoms with Crippen molar-refractivity contribution in [1.29, 1.82) is 0 Å². The molecule has 2 heterocycles. The van der Waals surface area contributed by atoms with Gasteiger partial charge in [-0.15, -0.1) is 0 Å². The van der Waals surface area contributed by atoms with Crippen LogP contribution in [0.2, 0.25) is 0 Å². The lowest BCUT2D eigenvalue weighted by Crippen LogP contribution is -2.50. The topological polar surface area (TPSA) is 32.3 Å². The summed E-state index contributed by atoms with van der Waals surface area (Å²) < 4.78 is 0. The van der Waals surface area contributed by atoms with Crippen LogP contribution in [0.15, 0.2) is 0 Å². The maximum Gasteiger partial charge on any atom is 0.237 e. The van der Waals surface area contributed by atoms with E-state index >= 15 is 0 Å². The Morgan fingerprint density at radius 3 is 2.73 bits per heavy atom. The summed E-state index contributed by atoms with van der Waals surface area (Å²) in [6.45, 7) is 5.34. The largest absolute Gasteiger partial charge is 0.351 e. The highest BCUT2D eigenvalue weighted by Crippen LogP contribution is 2.25. The molecule has 2 aliphatic heterocycles. The highest BCUT2D eigenvalue weighted by Gasteiger charge is 2.44. The molecule has 0 saturated carbocycles. The third-order valence-electron chi connectivity index (χ3n) is 2.65. The van der Waals surface area contributed by atoms with Gasteiger partial charge >= 0.3 is 0 Å². The van der Waals surface area contributed by atoms with Crippen molar-refractivity contribution in [2.45, 2.75) is 38.4 Å². The molecule has 3 heteroatoms. The Bertz CT molecular complexity index is 191. The molecular formula is C8H14N2O. The first kappa shape index (κ1) is 7.10. The van der Waals surface area contributed by atoms with Crippen molar-refractivity contribution < 1.29 is 4.79 Å². The summed E-state index contributed by atoms with van der Waals surface area (Å²) >= 11 is 0. The summed E-state index contributed by atoms with van der Waals surface area (Å²) in [5, 5.41) is 2.96. The van der Waals surface area contributed by atoms with Crippen LogP contribution >= 0.6 is 0 Å². The lowest BCUT2D eigenvalue weighted by Gasteiger charge is -2.29. The normalized spacial score (nSPS) is 36.8. The zero-order valence-electron chi connectivity index (χ0n) is 7.00. The zero-order chi connectivity index (χ0) is 8.01. The number of rotatable bonds is 1. The smallest absolute Gasteiger partial charge is 0.237 e. The van der Waals surface area contributed by atoms with Gasteiger partial charge in [-0.05, 0) is 20.3 Å². The van der Waals surface area contributed by atoms with Crippen LogP contribution in [0.4, 0.5) is 0 Å². The predicted octanol–water partition coefficient (Wildman–Crippen LogP) is -0.0325. The number of nitrogens with zero attached hydrogens (tertiary/aromatic N) is 1. The molecule has 2 bridgehead atoms. The molecule has 2 saturated heterocycles. The van der Waals surface area contributed by atoms with E-state index in [4.69, 9.17) is 0 Å². The quantitative estimate of drug-likeness (QED) is 0.575. The minimum atomic E-state index is 0.181. The van der Waals surface area contributed by atoms with Gasteiger partial charge in [0.1, 0.15) is 0 Å². The highest BCUT2D eigenvalue weighted by atomic mass is 16.2. The predicted molar refractivity (Wildman–Crippen MR) is 42.2 cm³/mol. The molecule has 2 aliphatic rings. The summed E-state index contributed by atoms with van der Waals surface area (Å²) in [5.74, 6) is 0.231. The molecule has 0 aromatic heterocycles. The minimum absolute atomic E-state index is 0.181. The molecule has 2 rings (SSSR count). The average molecular weight is 154 g/mol. The second-order valence-corrected chi connectivity index (χ2v) is 3.75. The summed E-state index contributed by atoms with van der Waals surface area (Å²) in [6, 6.07) is 1.13. The average Bonchev–Trinajstić information content (AvgIpc) is 2.43. The van der Waals surface area contributed by atoms with E-state index in [9.17, 15) is 4.79 Å². The molecule has 0 aromatic carbocycles. The maximum absolute atomic E-state index is 11.2. The van der Waals surface area contributed by atoms with E-state index in [2.05, 4.69) is 24.1 Å². The van der Waals surface area contributed by atoms with E-state index in [1.54, 1.807) is 0 Å². The van der Waals surface area contributed by atoms with Crippen LogP contribution in [0.25, 0.3) is 0 Å². The molecular weight excluding hydrogens is 140 g/mol. The van der Waals surface area contributed by atoms with Gasteiger partial charge < -0.3 is 5.32 Å². The Morgan fingerprint density at radius 1 is 1.64 bits per heavy atom. The summed E-state index contributed by atoms with van der Waals surface area (Å²) in [5.41, 5.74) is 0. The Kier molecular flexibility index (Phi) is 1.42. The van der Waals surface area contributed by atoms with Crippen molar-refractivity contribution in [3.63, 3.8) is 0 Å². The van der Waals surface area contributed by atoms with Gasteiger partial charge in [-0.25, -0.2) is 0 Å². The van der Waals surface area contributed by atoms with E-state index in [-0.39, 0.29) is 11.9 Å². The molecule has 2 atom stereocenters. The SMILES string of the molecule is CC(C)N1CC2CC1C(=O)N2. The fourth-order valence-corrected chi connectivity index (χ4v) is 2.09. The van der Waals surface area contributed by atoms with Crippen LogP contribution in [0.3, 0.4) is 0 Å². The van der Waals surface area contributed by atoms with Crippen LogP contribution in [-0.4, -0.2) is 35.5 Å². The number of likely N-dealkylation sites (tertiary alicyclic amines) is 1. The van der Waals surface area contributed by atoms with Gasteiger partial charge in [0.05, 0.1) is 6.04 Å². The third kappa shape index (κ3) is 0.948. The third-order valence-corrected chi connectivity index (χ3v) is 2.65. The lowest BCUT2D eigenvalue weighted by atomic mass is 10.2. The molecule has 1 amide bonds. The van der Waals surface area contributed by atoms with Crippen LogP contribution in [-0.2, 0) is 4.79 Å². The van der Waals surface area contributed by atoms with Crippen molar-refractivity contribution in [2.24, 2.45) is 0 Å². The number of carbonyl (C=O) groups excluding carboxylic acids is 1. The van der Waals surface area contributed by atoms with Crippen molar-refractivity contribution >= 4 is 5.91 Å². The Hall–Kier alpha value is -0.570. The first-order valence-corrected chi connectivity index (χ1v) is 4.24. The Morgan fingerprint density at radius 2 is 2.36 bits per heavy atom. The van der Waals surface area contributed by atoms with Gasteiger partial charge in [-0.2, -0.15) is 0 Å². The molecule has 11 heavy (non-hydrogen) atoms. The summed E-state index contributed by atoms with van der Waals surface area (Å²) in [7, 11) is 0. The number of nitrogens with one attached hydrogen (secondary N) is 1. The molecule has 0 radical (unpaired) electrons. The van der Waals surface area contributed by atoms with Gasteiger partial charge in [0.25, 0.3) is 0 Å². The molecule has 62 valence electrons. The molecule has 2 fully saturated rings. The molecule has 0 spiro atoms. The maximum atomic E-state index is 11.2. The zero-order valence-corrected chi connectivity index (χ0v) is 7.00. The number of fused-ring (bicyclic) bond motifs is 2. The molecule has 0 aliphatic carbocycles. The number of hydrogen-bond acceptors (Lipinski definition) is 2. The minimum Gasteiger partial charge on any atom is -0.351 e. The molecule has 2 unspecified atom stereocenters. The van der Waals surface area contributed by atoms with Crippen LogP contribution in [0.1, 0.15) is 20.3 Å². The monoisotopic (exact) mass is 154 g/mol. The van der Waals surface area contributed by atoms with E-state index in [1.165, 1.54) is 0 Å². The van der Waals surface area contributed by atoms with Gasteiger partial charge in [-0.1, -0.05) is 0 Å². The van der Waals surface area contributed by atoms with E-state index in [0.29, 0.717) is 12.1 Å².